The molecule has 1 atom stereocenters. The molecule has 0 heterocycles. The topological polar surface area (TPSA) is 78.9 Å². The monoisotopic (exact) mass is 1070 g/mol. The molecule has 0 spiro atoms. The van der Waals surface area contributed by atoms with Gasteiger partial charge in [0.1, 0.15) is 13.2 Å². The molecule has 77 heavy (non-hydrogen) atoms. The fourth-order valence-electron chi connectivity index (χ4n) is 9.39. The molecule has 444 valence electrons. The first-order valence-electron chi connectivity index (χ1n) is 33.1. The van der Waals surface area contributed by atoms with Crippen LogP contribution in [0.4, 0.5) is 0 Å². The third-order valence-electron chi connectivity index (χ3n) is 14.4. The van der Waals surface area contributed by atoms with Crippen molar-refractivity contribution >= 4 is 17.9 Å². The van der Waals surface area contributed by atoms with Gasteiger partial charge >= 0.3 is 17.9 Å². The average Bonchev–Trinajstić information content (AvgIpc) is 3.43. The summed E-state index contributed by atoms with van der Waals surface area (Å²) < 4.78 is 16.9. The minimum atomic E-state index is -0.786. The smallest absolute Gasteiger partial charge is 0.306 e. The fraction of sp³-hybridized carbons (Fsp3) is 0.761. The molecule has 6 nitrogen and oxygen atoms in total. The van der Waals surface area contributed by atoms with E-state index < -0.39 is 6.10 Å². The maximum absolute atomic E-state index is 12.9. The van der Waals surface area contributed by atoms with Crippen molar-refractivity contribution in [2.75, 3.05) is 13.2 Å². The van der Waals surface area contributed by atoms with E-state index in [1.165, 1.54) is 173 Å². The van der Waals surface area contributed by atoms with Crippen LogP contribution < -0.4 is 0 Å². The van der Waals surface area contributed by atoms with Gasteiger partial charge in [0.2, 0.25) is 0 Å². The number of unbranched alkanes of at least 4 members (excludes halogenated alkanes) is 35. The predicted octanol–water partition coefficient (Wildman–Crippen LogP) is 22.7. The number of rotatable bonds is 60. The van der Waals surface area contributed by atoms with E-state index >= 15 is 0 Å². The fourth-order valence-corrected chi connectivity index (χ4v) is 9.39. The van der Waals surface area contributed by atoms with Crippen molar-refractivity contribution < 1.29 is 28.6 Å². The Morgan fingerprint density at radius 2 is 0.519 bits per heavy atom. The largest absolute Gasteiger partial charge is 0.462 e. The molecule has 0 aromatic carbocycles. The minimum Gasteiger partial charge on any atom is -0.462 e. The van der Waals surface area contributed by atoms with E-state index in [1.807, 2.05) is 0 Å². The van der Waals surface area contributed by atoms with E-state index in [-0.39, 0.29) is 31.1 Å². The van der Waals surface area contributed by atoms with E-state index in [4.69, 9.17) is 14.2 Å². The van der Waals surface area contributed by atoms with Crippen molar-refractivity contribution in [1.82, 2.24) is 0 Å². The molecule has 0 amide bonds. The molecule has 0 aromatic rings. The molecule has 0 radical (unpaired) electrons. The Hall–Kier alpha value is -3.41. The van der Waals surface area contributed by atoms with Crippen molar-refractivity contribution in [3.8, 4) is 0 Å². The van der Waals surface area contributed by atoms with Gasteiger partial charge in [0.25, 0.3) is 0 Å². The highest BCUT2D eigenvalue weighted by Crippen LogP contribution is 2.17. The number of esters is 3. The van der Waals surface area contributed by atoms with Crippen molar-refractivity contribution in [1.29, 1.82) is 0 Å². The molecule has 0 saturated carbocycles. The Balaban J connectivity index is 4.17. The van der Waals surface area contributed by atoms with Gasteiger partial charge in [-0.2, -0.15) is 0 Å². The van der Waals surface area contributed by atoms with Gasteiger partial charge < -0.3 is 14.2 Å². The Bertz CT molecular complexity index is 1470. The number of ether oxygens (including phenoxy) is 3. The highest BCUT2D eigenvalue weighted by Gasteiger charge is 2.19. The summed E-state index contributed by atoms with van der Waals surface area (Å²) in [7, 11) is 0. The molecule has 0 aliphatic rings. The first-order chi connectivity index (χ1) is 38.0. The number of carbonyl (C=O) groups is 3. The molecule has 0 aliphatic heterocycles. The second-order valence-electron chi connectivity index (χ2n) is 22.0. The normalized spacial score (nSPS) is 12.6. The summed E-state index contributed by atoms with van der Waals surface area (Å²) in [6, 6.07) is 0. The molecule has 6 heteroatoms. The number of carbonyl (C=O) groups excluding carboxylic acids is 3. The molecule has 1 unspecified atom stereocenters. The van der Waals surface area contributed by atoms with Crippen LogP contribution in [0.3, 0.4) is 0 Å². The third-order valence-corrected chi connectivity index (χ3v) is 14.4. The van der Waals surface area contributed by atoms with Crippen molar-refractivity contribution in [2.45, 2.75) is 335 Å². The Labute approximate surface area is 477 Å². The van der Waals surface area contributed by atoms with Crippen molar-refractivity contribution in [3.63, 3.8) is 0 Å². The lowest BCUT2D eigenvalue weighted by molar-refractivity contribution is -0.167. The summed E-state index contributed by atoms with van der Waals surface area (Å²) in [5.74, 6) is -0.891. The van der Waals surface area contributed by atoms with Gasteiger partial charge in [-0.05, 0) is 109 Å². The van der Waals surface area contributed by atoms with Crippen LogP contribution >= 0.6 is 0 Å². The first kappa shape index (κ1) is 73.6. The highest BCUT2D eigenvalue weighted by molar-refractivity contribution is 5.71. The van der Waals surface area contributed by atoms with Crippen LogP contribution in [-0.2, 0) is 28.6 Å². The van der Waals surface area contributed by atoms with Crippen LogP contribution in [0.2, 0.25) is 0 Å². The molecule has 0 fully saturated rings. The number of allylic oxidation sites excluding steroid dienone is 14. The second-order valence-corrected chi connectivity index (χ2v) is 22.0. The predicted molar refractivity (Wildman–Crippen MR) is 334 cm³/mol. The maximum Gasteiger partial charge on any atom is 0.306 e. The zero-order valence-electron chi connectivity index (χ0n) is 51.0. The van der Waals surface area contributed by atoms with E-state index in [0.29, 0.717) is 19.3 Å². The van der Waals surface area contributed by atoms with Crippen molar-refractivity contribution in [2.24, 2.45) is 0 Å². The number of hydrogen-bond acceptors (Lipinski definition) is 6. The molecule has 0 saturated heterocycles. The lowest BCUT2D eigenvalue weighted by atomic mass is 10.0. The lowest BCUT2D eigenvalue weighted by Crippen LogP contribution is -2.30. The summed E-state index contributed by atoms with van der Waals surface area (Å²) in [5, 5.41) is 0. The molecular weight excluding hydrogens is 949 g/mol. The van der Waals surface area contributed by atoms with Crippen LogP contribution in [0, 0.1) is 0 Å². The van der Waals surface area contributed by atoms with Gasteiger partial charge in [-0.25, -0.2) is 0 Å². The van der Waals surface area contributed by atoms with Crippen LogP contribution in [0.1, 0.15) is 329 Å². The molecule has 0 aromatic heterocycles. The Morgan fingerprint density at radius 3 is 0.844 bits per heavy atom. The van der Waals surface area contributed by atoms with E-state index in [2.05, 4.69) is 106 Å². The van der Waals surface area contributed by atoms with Gasteiger partial charge in [-0.3, -0.25) is 14.4 Å². The maximum atomic E-state index is 12.9. The third kappa shape index (κ3) is 63.3. The average molecular weight is 1070 g/mol. The zero-order valence-corrected chi connectivity index (χ0v) is 51.0. The molecule has 0 aliphatic carbocycles. The molecule has 0 bridgehead atoms. The van der Waals surface area contributed by atoms with Gasteiger partial charge in [0.15, 0.2) is 6.10 Å². The van der Waals surface area contributed by atoms with Gasteiger partial charge in [-0.1, -0.05) is 286 Å². The molecule has 0 N–H and O–H groups in total. The Kier molecular flexibility index (Phi) is 62.2. The second kappa shape index (κ2) is 65.1. The van der Waals surface area contributed by atoms with Crippen LogP contribution in [-0.4, -0.2) is 37.2 Å². The first-order valence-corrected chi connectivity index (χ1v) is 33.1. The van der Waals surface area contributed by atoms with E-state index in [9.17, 15) is 14.4 Å². The van der Waals surface area contributed by atoms with Crippen LogP contribution in [0.25, 0.3) is 0 Å². The van der Waals surface area contributed by atoms with E-state index in [0.717, 1.165) is 116 Å². The minimum absolute atomic E-state index is 0.0815. The standard InChI is InChI=1S/C71H124O6/c1-4-7-10-13-16-19-22-25-28-29-30-31-32-33-34-35-36-37-38-39-40-41-42-43-44-47-49-52-55-58-61-64-70(73)76-67-68(77-71(74)65-62-59-56-53-50-46-27-24-21-18-15-12-9-6-3)66-75-69(72)63-60-57-54-51-48-45-26-23-20-17-14-11-8-5-2/h7,10,15-16,18-19,23-28,30-31,68H,4-6,8-9,11-14,17,20-22,29,32-67H2,1-3H3/b10-7-,18-15-,19-16-,26-23-,27-24-,28-25-,31-30-. The van der Waals surface area contributed by atoms with Gasteiger partial charge in [-0.15, -0.1) is 0 Å². The quantitative estimate of drug-likeness (QED) is 0.0261. The van der Waals surface area contributed by atoms with Gasteiger partial charge in [0, 0.05) is 19.3 Å². The zero-order chi connectivity index (χ0) is 55.7. The lowest BCUT2D eigenvalue weighted by Gasteiger charge is -2.18. The molecular formula is C71H124O6. The SMILES string of the molecule is CC/C=C\C/C=C\C/C=C\C/C=C\CCCCCCCCCCCCCCCCCCCCC(=O)OCC(COC(=O)CCCCCCC/C=C\CCCCCCC)OC(=O)CCCCCCC/C=C\C/C=C\CCCC. The van der Waals surface area contributed by atoms with Crippen molar-refractivity contribution in [3.05, 3.63) is 85.1 Å². The van der Waals surface area contributed by atoms with Crippen LogP contribution in [0.15, 0.2) is 85.1 Å². The number of hydrogen-bond donors (Lipinski definition) is 0. The van der Waals surface area contributed by atoms with Gasteiger partial charge in [0.05, 0.1) is 0 Å². The summed E-state index contributed by atoms with van der Waals surface area (Å²) in [4.78, 5) is 38.3. The Morgan fingerprint density at radius 1 is 0.273 bits per heavy atom. The summed E-state index contributed by atoms with van der Waals surface area (Å²) in [5.41, 5.74) is 0. The molecule has 0 rings (SSSR count). The summed E-state index contributed by atoms with van der Waals surface area (Å²) in [6.07, 6.45) is 86.1. The highest BCUT2D eigenvalue weighted by atomic mass is 16.6. The van der Waals surface area contributed by atoms with Crippen LogP contribution in [0.5, 0.6) is 0 Å². The van der Waals surface area contributed by atoms with E-state index in [1.54, 1.807) is 0 Å². The summed E-state index contributed by atoms with van der Waals surface area (Å²) in [6.45, 7) is 6.49. The summed E-state index contributed by atoms with van der Waals surface area (Å²) >= 11 is 0.